The first-order valence-corrected chi connectivity index (χ1v) is 8.37. The van der Waals surface area contributed by atoms with E-state index in [0.29, 0.717) is 34.5 Å². The number of ether oxygens (including phenoxy) is 1. The molecule has 0 saturated heterocycles. The summed E-state index contributed by atoms with van der Waals surface area (Å²) < 4.78 is 11.1. The van der Waals surface area contributed by atoms with Crippen LogP contribution in [0.1, 0.15) is 11.3 Å². The number of rotatable bonds is 3. The Bertz CT molecular complexity index is 996. The molecule has 2 N–H and O–H groups in total. The lowest BCUT2D eigenvalue weighted by molar-refractivity contribution is -0.117. The maximum Gasteiger partial charge on any atom is 0.294 e. The molecule has 0 radical (unpaired) electrons. The first-order chi connectivity index (χ1) is 12.6. The molecule has 2 aromatic carbocycles. The van der Waals surface area contributed by atoms with Crippen molar-refractivity contribution < 1.29 is 13.9 Å². The van der Waals surface area contributed by atoms with Crippen LogP contribution in [0.3, 0.4) is 0 Å². The minimum atomic E-state index is -0.279. The highest BCUT2D eigenvalue weighted by molar-refractivity contribution is 6.31. The van der Waals surface area contributed by atoms with Crippen molar-refractivity contribution in [1.82, 2.24) is 0 Å². The van der Waals surface area contributed by atoms with Crippen LogP contribution in [0.4, 0.5) is 11.4 Å². The van der Waals surface area contributed by atoms with E-state index in [0.717, 1.165) is 5.56 Å². The predicted octanol–water partition coefficient (Wildman–Crippen LogP) is 4.48. The first-order valence-electron chi connectivity index (χ1n) is 7.99. The summed E-state index contributed by atoms with van der Waals surface area (Å²) in [6, 6.07) is 16.1. The molecule has 4 rings (SSSR count). The van der Waals surface area contributed by atoms with Crippen molar-refractivity contribution in [2.75, 3.05) is 10.6 Å². The van der Waals surface area contributed by atoms with Gasteiger partial charge in [-0.05, 0) is 35.9 Å². The van der Waals surface area contributed by atoms with Gasteiger partial charge in [-0.15, -0.1) is 0 Å². The molecule has 5 nitrogen and oxygen atoms in total. The van der Waals surface area contributed by atoms with Gasteiger partial charge in [-0.1, -0.05) is 29.8 Å². The van der Waals surface area contributed by atoms with Gasteiger partial charge in [-0.25, -0.2) is 0 Å². The van der Waals surface area contributed by atoms with E-state index in [1.807, 2.05) is 18.2 Å². The maximum atomic E-state index is 13.0. The largest absolute Gasteiger partial charge is 0.465 e. The van der Waals surface area contributed by atoms with E-state index in [-0.39, 0.29) is 11.7 Å². The number of benzene rings is 2. The number of amides is 1. The number of halogens is 1. The zero-order valence-electron chi connectivity index (χ0n) is 13.7. The van der Waals surface area contributed by atoms with Crippen LogP contribution in [-0.2, 0) is 11.3 Å². The Labute approximate surface area is 155 Å². The van der Waals surface area contributed by atoms with Crippen molar-refractivity contribution in [3.8, 4) is 5.75 Å². The molecular formula is C20H15ClN2O3. The van der Waals surface area contributed by atoms with E-state index in [1.54, 1.807) is 47.4 Å². The molecule has 1 aromatic heterocycles. The Morgan fingerprint density at radius 3 is 2.73 bits per heavy atom. The van der Waals surface area contributed by atoms with Crippen LogP contribution in [0, 0.1) is 0 Å². The number of nitrogen functional groups attached to an aromatic ring is 1. The van der Waals surface area contributed by atoms with Gasteiger partial charge in [0.1, 0.15) is 5.76 Å². The Hall–Kier alpha value is -3.18. The first kappa shape index (κ1) is 16.3. The molecule has 3 aromatic rings. The molecule has 0 aliphatic carbocycles. The number of nitrogens with zero attached hydrogens (tertiary/aromatic N) is 1. The lowest BCUT2D eigenvalue weighted by Gasteiger charge is -2.31. The van der Waals surface area contributed by atoms with Crippen molar-refractivity contribution in [2.45, 2.75) is 6.54 Å². The number of furan rings is 1. The number of fused-ring (bicyclic) bond motifs is 1. The lowest BCUT2D eigenvalue weighted by Crippen LogP contribution is -2.37. The normalized spacial score (nSPS) is 15.0. The van der Waals surface area contributed by atoms with Crippen LogP contribution in [0.5, 0.6) is 5.75 Å². The molecule has 0 bridgehead atoms. The minimum Gasteiger partial charge on any atom is -0.465 e. The molecule has 1 amide bonds. The summed E-state index contributed by atoms with van der Waals surface area (Å²) in [6.45, 7) is 0.314. The average Bonchev–Trinajstić information content (AvgIpc) is 3.13. The summed E-state index contributed by atoms with van der Waals surface area (Å²) in [5.74, 6) is 0.913. The van der Waals surface area contributed by atoms with E-state index >= 15 is 0 Å². The van der Waals surface area contributed by atoms with Gasteiger partial charge in [-0.3, -0.25) is 9.69 Å². The molecule has 0 unspecified atom stereocenters. The number of carbonyl (C=O) groups is 1. The Morgan fingerprint density at radius 1 is 1.12 bits per heavy atom. The van der Waals surface area contributed by atoms with Crippen LogP contribution in [0.2, 0.25) is 5.02 Å². The summed E-state index contributed by atoms with van der Waals surface area (Å²) in [5.41, 5.74) is 7.90. The van der Waals surface area contributed by atoms with Crippen molar-refractivity contribution in [3.63, 3.8) is 0 Å². The van der Waals surface area contributed by atoms with Crippen molar-refractivity contribution in [2.24, 2.45) is 0 Å². The fourth-order valence-electron chi connectivity index (χ4n) is 2.79. The second kappa shape index (κ2) is 6.61. The topological polar surface area (TPSA) is 68.7 Å². The zero-order chi connectivity index (χ0) is 18.1. The lowest BCUT2D eigenvalue weighted by atomic mass is 10.1. The highest BCUT2D eigenvalue weighted by Crippen LogP contribution is 2.38. The van der Waals surface area contributed by atoms with Gasteiger partial charge in [0.25, 0.3) is 5.91 Å². The summed E-state index contributed by atoms with van der Waals surface area (Å²) in [6.07, 6.45) is 3.10. The third-order valence-corrected chi connectivity index (χ3v) is 4.42. The van der Waals surface area contributed by atoms with Crippen molar-refractivity contribution in [3.05, 3.63) is 83.0 Å². The van der Waals surface area contributed by atoms with E-state index in [1.165, 1.54) is 6.26 Å². The summed E-state index contributed by atoms with van der Waals surface area (Å²) in [7, 11) is 0. The molecule has 0 saturated carbocycles. The van der Waals surface area contributed by atoms with Crippen molar-refractivity contribution >= 4 is 35.0 Å². The van der Waals surface area contributed by atoms with Crippen LogP contribution < -0.4 is 15.4 Å². The number of nitrogens with two attached hydrogens (primary N) is 1. The fourth-order valence-corrected chi connectivity index (χ4v) is 2.98. The summed E-state index contributed by atoms with van der Waals surface area (Å²) in [5, 5.41) is 0.598. The number of carbonyl (C=O) groups excluding carboxylic acids is 1. The molecule has 26 heavy (non-hydrogen) atoms. The Balaban J connectivity index is 1.78. The molecule has 2 heterocycles. The standard InChI is InChI=1S/C20H15ClN2O3/c21-16-6-2-1-4-13(16)12-23-17-8-7-14(22)10-18(17)26-19(20(23)24)11-15-5-3-9-25-15/h1-11H,12,22H2/b19-11+. The number of hydrogen-bond acceptors (Lipinski definition) is 4. The molecule has 0 spiro atoms. The van der Waals surface area contributed by atoms with Crippen LogP contribution in [-0.4, -0.2) is 5.91 Å². The second-order valence-corrected chi connectivity index (χ2v) is 6.24. The molecule has 0 fully saturated rings. The molecule has 1 aliphatic rings. The quantitative estimate of drug-likeness (QED) is 0.548. The third kappa shape index (κ3) is 3.05. The molecule has 130 valence electrons. The number of hydrogen-bond donors (Lipinski definition) is 1. The van der Waals surface area contributed by atoms with Gasteiger partial charge in [0.15, 0.2) is 11.5 Å². The Kier molecular flexibility index (Phi) is 4.14. The second-order valence-electron chi connectivity index (χ2n) is 5.84. The smallest absolute Gasteiger partial charge is 0.294 e. The fraction of sp³-hybridized carbons (Fsp3) is 0.0500. The average molecular weight is 367 g/mol. The zero-order valence-corrected chi connectivity index (χ0v) is 14.4. The summed E-state index contributed by atoms with van der Waals surface area (Å²) in [4.78, 5) is 14.7. The highest BCUT2D eigenvalue weighted by atomic mass is 35.5. The van der Waals surface area contributed by atoms with Gasteiger partial charge in [0.05, 0.1) is 18.5 Å². The van der Waals surface area contributed by atoms with Crippen LogP contribution >= 0.6 is 11.6 Å². The van der Waals surface area contributed by atoms with E-state index in [9.17, 15) is 4.79 Å². The van der Waals surface area contributed by atoms with Gasteiger partial charge in [0, 0.05) is 22.9 Å². The molecule has 0 atom stereocenters. The Morgan fingerprint density at radius 2 is 1.96 bits per heavy atom. The maximum absolute atomic E-state index is 13.0. The van der Waals surface area contributed by atoms with Gasteiger partial charge in [0.2, 0.25) is 0 Å². The van der Waals surface area contributed by atoms with E-state index < -0.39 is 0 Å². The minimum absolute atomic E-state index is 0.158. The van der Waals surface area contributed by atoms with E-state index in [2.05, 4.69) is 0 Å². The van der Waals surface area contributed by atoms with Crippen molar-refractivity contribution in [1.29, 1.82) is 0 Å². The van der Waals surface area contributed by atoms with E-state index in [4.69, 9.17) is 26.5 Å². The third-order valence-electron chi connectivity index (χ3n) is 4.05. The van der Waals surface area contributed by atoms with Gasteiger partial charge < -0.3 is 14.9 Å². The number of anilines is 2. The van der Waals surface area contributed by atoms with Crippen LogP contribution in [0.25, 0.3) is 6.08 Å². The monoisotopic (exact) mass is 366 g/mol. The highest BCUT2D eigenvalue weighted by Gasteiger charge is 2.31. The van der Waals surface area contributed by atoms with Gasteiger partial charge >= 0.3 is 0 Å². The molecular weight excluding hydrogens is 352 g/mol. The summed E-state index contributed by atoms with van der Waals surface area (Å²) >= 11 is 6.28. The molecule has 1 aliphatic heterocycles. The SMILES string of the molecule is Nc1ccc2c(c1)O/C(=C/c1ccco1)C(=O)N2Cc1ccccc1Cl. The molecule has 6 heteroatoms. The predicted molar refractivity (Wildman–Crippen MR) is 101 cm³/mol. The van der Waals surface area contributed by atoms with Crippen LogP contribution in [0.15, 0.2) is 71.0 Å². The van der Waals surface area contributed by atoms with Gasteiger partial charge in [-0.2, -0.15) is 0 Å².